The number of hydrogen-bond donors (Lipinski definition) is 0. The molecule has 2 aromatic carbocycles. The second kappa shape index (κ2) is 6.11. The number of rotatable bonds is 4. The van der Waals surface area contributed by atoms with E-state index < -0.39 is 10.0 Å². The quantitative estimate of drug-likeness (QED) is 0.853. The van der Waals surface area contributed by atoms with E-state index in [1.165, 1.54) is 0 Å². The lowest BCUT2D eigenvalue weighted by Crippen LogP contribution is -2.37. The summed E-state index contributed by atoms with van der Waals surface area (Å²) in [6, 6.07) is 13.6. The third-order valence-corrected chi connectivity index (χ3v) is 6.38. The van der Waals surface area contributed by atoms with Gasteiger partial charge in [-0.05, 0) is 41.7 Å². The van der Waals surface area contributed by atoms with E-state index in [1.54, 1.807) is 4.31 Å². The van der Waals surface area contributed by atoms with Gasteiger partial charge in [-0.1, -0.05) is 30.3 Å². The van der Waals surface area contributed by atoms with Crippen LogP contribution in [-0.2, 0) is 29.4 Å². The van der Waals surface area contributed by atoms with Crippen LogP contribution in [0.3, 0.4) is 0 Å². The van der Waals surface area contributed by atoms with E-state index in [0.717, 1.165) is 22.4 Å². The second-order valence-electron chi connectivity index (χ2n) is 6.11. The lowest BCUT2D eigenvalue weighted by molar-refractivity contribution is 0.174. The van der Waals surface area contributed by atoms with Gasteiger partial charge in [0.25, 0.3) is 0 Å². The third kappa shape index (κ3) is 2.99. The molecular weight excluding hydrogens is 326 g/mol. The zero-order valence-electron chi connectivity index (χ0n) is 13.3. The highest BCUT2D eigenvalue weighted by molar-refractivity contribution is 7.89. The zero-order chi connectivity index (χ0) is 16.6. The van der Waals surface area contributed by atoms with Crippen LogP contribution in [0.1, 0.15) is 16.7 Å². The van der Waals surface area contributed by atoms with Crippen LogP contribution < -0.4 is 9.47 Å². The Kier molecular flexibility index (Phi) is 3.94. The normalized spacial score (nSPS) is 16.8. The van der Waals surface area contributed by atoms with Crippen molar-refractivity contribution in [1.29, 1.82) is 0 Å². The smallest absolute Gasteiger partial charge is 0.231 e. The SMILES string of the molecule is O=S(=O)(CCc1ccccc1)N1CCc2cc3c(cc2C1)OCO3. The molecular formula is C18H19NO4S. The molecule has 0 fully saturated rings. The van der Waals surface area contributed by atoms with Crippen LogP contribution in [0, 0.1) is 0 Å². The third-order valence-electron chi connectivity index (χ3n) is 4.56. The largest absolute Gasteiger partial charge is 0.454 e. The monoisotopic (exact) mass is 345 g/mol. The van der Waals surface area contributed by atoms with Gasteiger partial charge in [-0.3, -0.25) is 0 Å². The summed E-state index contributed by atoms with van der Waals surface area (Å²) < 4.78 is 37.7. The van der Waals surface area contributed by atoms with Gasteiger partial charge in [-0.25, -0.2) is 8.42 Å². The topological polar surface area (TPSA) is 55.8 Å². The fourth-order valence-electron chi connectivity index (χ4n) is 3.18. The molecule has 5 nitrogen and oxygen atoms in total. The molecule has 0 radical (unpaired) electrons. The second-order valence-corrected chi connectivity index (χ2v) is 8.20. The molecule has 2 aromatic rings. The molecule has 126 valence electrons. The van der Waals surface area contributed by atoms with Gasteiger partial charge >= 0.3 is 0 Å². The Labute approximate surface area is 141 Å². The molecule has 0 saturated heterocycles. The maximum atomic E-state index is 12.7. The molecule has 0 N–H and O–H groups in total. The van der Waals surface area contributed by atoms with Gasteiger partial charge in [0.05, 0.1) is 5.75 Å². The zero-order valence-corrected chi connectivity index (χ0v) is 14.1. The Morgan fingerprint density at radius 2 is 1.71 bits per heavy atom. The Hall–Kier alpha value is -2.05. The summed E-state index contributed by atoms with van der Waals surface area (Å²) >= 11 is 0. The Morgan fingerprint density at radius 3 is 2.46 bits per heavy atom. The summed E-state index contributed by atoms with van der Waals surface area (Å²) in [5.41, 5.74) is 3.20. The van der Waals surface area contributed by atoms with Crippen molar-refractivity contribution < 1.29 is 17.9 Å². The minimum absolute atomic E-state index is 0.136. The summed E-state index contributed by atoms with van der Waals surface area (Å²) in [5.74, 6) is 1.60. The first-order valence-electron chi connectivity index (χ1n) is 8.05. The van der Waals surface area contributed by atoms with Crippen LogP contribution >= 0.6 is 0 Å². The van der Waals surface area contributed by atoms with E-state index in [4.69, 9.17) is 9.47 Å². The Balaban J connectivity index is 1.49. The van der Waals surface area contributed by atoms with Gasteiger partial charge in [-0.2, -0.15) is 4.31 Å². The Morgan fingerprint density at radius 1 is 1.00 bits per heavy atom. The van der Waals surface area contributed by atoms with E-state index in [2.05, 4.69) is 0 Å². The predicted octanol–water partition coefficient (Wildman–Crippen LogP) is 2.35. The average molecular weight is 345 g/mol. The minimum atomic E-state index is -3.28. The summed E-state index contributed by atoms with van der Waals surface area (Å²) in [7, 11) is -3.28. The number of fused-ring (bicyclic) bond motifs is 2. The Bertz CT molecular complexity index is 849. The maximum Gasteiger partial charge on any atom is 0.231 e. The standard InChI is InChI=1S/C18H19NO4S/c20-24(21,9-7-14-4-2-1-3-5-14)19-8-6-15-10-17-18(23-13-22-17)11-16(15)12-19/h1-5,10-11H,6-9,12-13H2. The van der Waals surface area contributed by atoms with Crippen LogP contribution in [0.25, 0.3) is 0 Å². The van der Waals surface area contributed by atoms with Crippen molar-refractivity contribution >= 4 is 10.0 Å². The van der Waals surface area contributed by atoms with Crippen molar-refractivity contribution in [2.75, 3.05) is 19.1 Å². The van der Waals surface area contributed by atoms with E-state index in [9.17, 15) is 8.42 Å². The minimum Gasteiger partial charge on any atom is -0.454 e. The first kappa shape index (κ1) is 15.5. The lowest BCUT2D eigenvalue weighted by atomic mass is 10.0. The molecule has 0 unspecified atom stereocenters. The lowest BCUT2D eigenvalue weighted by Gasteiger charge is -2.28. The van der Waals surface area contributed by atoms with E-state index in [1.807, 2.05) is 42.5 Å². The highest BCUT2D eigenvalue weighted by Crippen LogP contribution is 2.37. The molecule has 0 spiro atoms. The van der Waals surface area contributed by atoms with Gasteiger partial charge < -0.3 is 9.47 Å². The number of nitrogens with zero attached hydrogens (tertiary/aromatic N) is 1. The van der Waals surface area contributed by atoms with Crippen molar-refractivity contribution in [3.63, 3.8) is 0 Å². The fraction of sp³-hybridized carbons (Fsp3) is 0.333. The summed E-state index contributed by atoms with van der Waals surface area (Å²) in [4.78, 5) is 0. The van der Waals surface area contributed by atoms with Crippen LogP contribution in [0.2, 0.25) is 0 Å². The number of benzene rings is 2. The van der Waals surface area contributed by atoms with Crippen LogP contribution in [0.15, 0.2) is 42.5 Å². The first-order chi connectivity index (χ1) is 11.6. The van der Waals surface area contributed by atoms with Crippen LogP contribution in [0.5, 0.6) is 11.5 Å². The first-order valence-corrected chi connectivity index (χ1v) is 9.66. The van der Waals surface area contributed by atoms with Gasteiger partial charge in [0.2, 0.25) is 16.8 Å². The highest BCUT2D eigenvalue weighted by Gasteiger charge is 2.28. The van der Waals surface area contributed by atoms with E-state index in [-0.39, 0.29) is 12.5 Å². The highest BCUT2D eigenvalue weighted by atomic mass is 32.2. The van der Waals surface area contributed by atoms with Crippen molar-refractivity contribution in [3.05, 3.63) is 59.2 Å². The molecule has 0 atom stereocenters. The fourth-order valence-corrected chi connectivity index (χ4v) is 4.64. The van der Waals surface area contributed by atoms with Crippen molar-refractivity contribution in [3.8, 4) is 11.5 Å². The van der Waals surface area contributed by atoms with Crippen molar-refractivity contribution in [1.82, 2.24) is 4.31 Å². The van der Waals surface area contributed by atoms with E-state index >= 15 is 0 Å². The van der Waals surface area contributed by atoms with Crippen molar-refractivity contribution in [2.45, 2.75) is 19.4 Å². The molecule has 0 aromatic heterocycles. The molecule has 2 aliphatic heterocycles. The number of ether oxygens (including phenoxy) is 2. The molecule has 24 heavy (non-hydrogen) atoms. The summed E-state index contributed by atoms with van der Waals surface area (Å²) in [6.45, 7) is 1.16. The van der Waals surface area contributed by atoms with Gasteiger partial charge in [0.1, 0.15) is 0 Å². The maximum absolute atomic E-state index is 12.7. The van der Waals surface area contributed by atoms with Gasteiger partial charge in [0.15, 0.2) is 11.5 Å². The number of hydrogen-bond acceptors (Lipinski definition) is 4. The molecule has 0 aliphatic carbocycles. The van der Waals surface area contributed by atoms with Crippen molar-refractivity contribution in [2.24, 2.45) is 0 Å². The van der Waals surface area contributed by atoms with Gasteiger partial charge in [0, 0.05) is 13.1 Å². The summed E-state index contributed by atoms with van der Waals surface area (Å²) in [5, 5.41) is 0. The van der Waals surface area contributed by atoms with E-state index in [0.29, 0.717) is 31.7 Å². The molecule has 0 saturated carbocycles. The molecule has 0 bridgehead atoms. The van der Waals surface area contributed by atoms with Crippen LogP contribution in [0.4, 0.5) is 0 Å². The number of aryl methyl sites for hydroxylation is 1. The molecule has 6 heteroatoms. The van der Waals surface area contributed by atoms with Crippen LogP contribution in [-0.4, -0.2) is 31.8 Å². The predicted molar refractivity (Wildman–Crippen MR) is 90.6 cm³/mol. The van der Waals surface area contributed by atoms with Gasteiger partial charge in [-0.15, -0.1) is 0 Å². The molecule has 2 aliphatic rings. The average Bonchev–Trinajstić information content (AvgIpc) is 3.05. The summed E-state index contributed by atoms with van der Waals surface area (Å²) in [6.07, 6.45) is 1.24. The molecule has 2 heterocycles. The molecule has 4 rings (SSSR count). The number of sulfonamides is 1. The molecule has 0 amide bonds.